The van der Waals surface area contributed by atoms with E-state index in [0.29, 0.717) is 0 Å². The highest BCUT2D eigenvalue weighted by molar-refractivity contribution is 8.02. The molecule has 0 aliphatic rings. The van der Waals surface area contributed by atoms with E-state index in [-0.39, 0.29) is 0 Å². The van der Waals surface area contributed by atoms with Crippen LogP contribution in [0.25, 0.3) is 0 Å². The summed E-state index contributed by atoms with van der Waals surface area (Å²) in [6, 6.07) is 0. The number of allylic oxidation sites excluding steroid dienone is 5. The largest absolute Gasteiger partial charge is 0.130 e. The Kier molecular flexibility index (Phi) is 6.48. The molecule has 0 aromatic heterocycles. The van der Waals surface area contributed by atoms with Gasteiger partial charge in [-0.2, -0.15) is 0 Å². The summed E-state index contributed by atoms with van der Waals surface area (Å²) in [7, 11) is 0. The molecule has 0 unspecified atom stereocenters. The molecule has 0 rings (SSSR count). The fraction of sp³-hybridized carbons (Fsp3) is 0.333. The van der Waals surface area contributed by atoms with Crippen molar-refractivity contribution in [3.63, 3.8) is 0 Å². The van der Waals surface area contributed by atoms with E-state index in [4.69, 9.17) is 11.6 Å². The van der Waals surface area contributed by atoms with Crippen LogP contribution in [0.5, 0.6) is 0 Å². The Bertz CT molecular complexity index is 186. The first-order valence-corrected chi connectivity index (χ1v) is 5.01. The molecule has 62 valence electrons. The van der Waals surface area contributed by atoms with Gasteiger partial charge in [0.25, 0.3) is 0 Å². The molecule has 0 nitrogen and oxygen atoms in total. The smallest absolute Gasteiger partial charge is 0.0150 e. The number of hydrogen-bond donors (Lipinski definition) is 0. The quantitative estimate of drug-likeness (QED) is 0.605. The van der Waals surface area contributed by atoms with Gasteiger partial charge in [-0.25, -0.2) is 0 Å². The maximum Gasteiger partial charge on any atom is 0.0150 e. The summed E-state index contributed by atoms with van der Waals surface area (Å²) in [6.07, 6.45) is 10.0. The van der Waals surface area contributed by atoms with E-state index in [9.17, 15) is 0 Å². The van der Waals surface area contributed by atoms with Gasteiger partial charge in [0.1, 0.15) is 0 Å². The van der Waals surface area contributed by atoms with Crippen molar-refractivity contribution in [2.75, 3.05) is 6.26 Å². The summed E-state index contributed by atoms with van der Waals surface area (Å²) in [5, 5.41) is 0.807. The van der Waals surface area contributed by atoms with Crippen LogP contribution in [-0.2, 0) is 0 Å². The van der Waals surface area contributed by atoms with Crippen molar-refractivity contribution in [2.24, 2.45) is 0 Å². The van der Waals surface area contributed by atoms with Crippen molar-refractivity contribution in [1.82, 2.24) is 0 Å². The highest BCUT2D eigenvalue weighted by Crippen LogP contribution is 2.13. The molecule has 0 spiro atoms. The third-order valence-electron chi connectivity index (χ3n) is 1.04. The van der Waals surface area contributed by atoms with Crippen LogP contribution in [0.3, 0.4) is 0 Å². The number of hydrogen-bond acceptors (Lipinski definition) is 1. The van der Waals surface area contributed by atoms with Crippen molar-refractivity contribution in [1.29, 1.82) is 0 Å². The number of rotatable bonds is 3. The normalized spacial score (nSPS) is 14.5. The second-order valence-corrected chi connectivity index (χ2v) is 3.50. The Labute approximate surface area is 78.0 Å². The van der Waals surface area contributed by atoms with Crippen molar-refractivity contribution < 1.29 is 0 Å². The van der Waals surface area contributed by atoms with Crippen molar-refractivity contribution in [3.8, 4) is 0 Å². The zero-order valence-electron chi connectivity index (χ0n) is 7.10. The van der Waals surface area contributed by atoms with Crippen LogP contribution in [0.2, 0.25) is 0 Å². The average molecular weight is 189 g/mol. The molecule has 0 aliphatic heterocycles. The van der Waals surface area contributed by atoms with Gasteiger partial charge in [0.15, 0.2) is 0 Å². The van der Waals surface area contributed by atoms with E-state index in [0.717, 1.165) is 5.03 Å². The molecule has 0 aromatic carbocycles. The Morgan fingerprint density at radius 2 is 2.00 bits per heavy atom. The molecular weight excluding hydrogens is 176 g/mol. The molecule has 0 fully saturated rings. The fourth-order valence-electron chi connectivity index (χ4n) is 0.553. The first kappa shape index (κ1) is 10.9. The van der Waals surface area contributed by atoms with Crippen LogP contribution in [0.15, 0.2) is 34.2 Å². The van der Waals surface area contributed by atoms with Gasteiger partial charge in [-0.15, -0.1) is 11.8 Å². The highest BCUT2D eigenvalue weighted by atomic mass is 35.5. The maximum absolute atomic E-state index is 5.66. The van der Waals surface area contributed by atoms with Gasteiger partial charge in [-0.3, -0.25) is 0 Å². The average Bonchev–Trinajstić information content (AvgIpc) is 1.97. The van der Waals surface area contributed by atoms with Crippen LogP contribution < -0.4 is 0 Å². The van der Waals surface area contributed by atoms with Gasteiger partial charge >= 0.3 is 0 Å². The molecule has 0 radical (unpaired) electrons. The molecule has 0 bridgehead atoms. The molecule has 0 saturated heterocycles. The zero-order chi connectivity index (χ0) is 8.69. The maximum atomic E-state index is 5.66. The van der Waals surface area contributed by atoms with E-state index < -0.39 is 0 Å². The summed E-state index contributed by atoms with van der Waals surface area (Å²) in [5.41, 5.74) is 0. The van der Waals surface area contributed by atoms with Crippen LogP contribution in [0.1, 0.15) is 13.8 Å². The first-order valence-electron chi connectivity index (χ1n) is 3.41. The van der Waals surface area contributed by atoms with Crippen molar-refractivity contribution >= 4 is 23.4 Å². The monoisotopic (exact) mass is 188 g/mol. The Hall–Kier alpha value is -0.140. The van der Waals surface area contributed by atoms with Crippen LogP contribution >= 0.6 is 23.4 Å². The topological polar surface area (TPSA) is 0 Å². The van der Waals surface area contributed by atoms with Gasteiger partial charge in [-0.05, 0) is 32.3 Å². The summed E-state index contributed by atoms with van der Waals surface area (Å²) in [6.45, 7) is 3.87. The van der Waals surface area contributed by atoms with Crippen molar-refractivity contribution in [2.45, 2.75) is 13.8 Å². The minimum absolute atomic E-state index is 0.807. The summed E-state index contributed by atoms with van der Waals surface area (Å²) in [5.74, 6) is 0. The second kappa shape index (κ2) is 6.56. The molecule has 0 saturated carbocycles. The molecule has 11 heavy (non-hydrogen) atoms. The summed E-state index contributed by atoms with van der Waals surface area (Å²) >= 11 is 7.37. The molecule has 0 N–H and O–H groups in total. The van der Waals surface area contributed by atoms with E-state index in [1.165, 1.54) is 4.91 Å². The molecule has 0 heterocycles. The van der Waals surface area contributed by atoms with Gasteiger partial charge < -0.3 is 0 Å². The molecule has 0 aliphatic carbocycles. The third-order valence-corrected chi connectivity index (χ3v) is 1.91. The third kappa shape index (κ3) is 6.27. The van der Waals surface area contributed by atoms with E-state index in [1.807, 2.05) is 38.3 Å². The van der Waals surface area contributed by atoms with Crippen LogP contribution in [0, 0.1) is 0 Å². The standard InChI is InChI=1S/C9H13ClS/c1-4-5-9(11-3)7-6-8(2)10/h4-7H,1-3H3/b5-4-,8-6+,9-7+. The second-order valence-electron chi connectivity index (χ2n) is 2.03. The van der Waals surface area contributed by atoms with Crippen LogP contribution in [0.4, 0.5) is 0 Å². The lowest BCUT2D eigenvalue weighted by Gasteiger charge is -1.92. The number of thioether (sulfide) groups is 1. The van der Waals surface area contributed by atoms with E-state index in [2.05, 4.69) is 6.08 Å². The summed E-state index contributed by atoms with van der Waals surface area (Å²) in [4.78, 5) is 1.22. The predicted octanol–water partition coefficient (Wildman–Crippen LogP) is 3.95. The lowest BCUT2D eigenvalue weighted by atomic mass is 10.4. The first-order chi connectivity index (χ1) is 5.20. The lowest BCUT2D eigenvalue weighted by molar-refractivity contribution is 1.64. The summed E-state index contributed by atoms with van der Waals surface area (Å²) < 4.78 is 0. The molecule has 0 aromatic rings. The molecule has 0 atom stereocenters. The highest BCUT2D eigenvalue weighted by Gasteiger charge is 1.84. The van der Waals surface area contributed by atoms with Gasteiger partial charge in [0.05, 0.1) is 0 Å². The Balaban J connectivity index is 4.24. The zero-order valence-corrected chi connectivity index (χ0v) is 8.67. The molecule has 2 heteroatoms. The Morgan fingerprint density at radius 3 is 2.36 bits per heavy atom. The van der Waals surface area contributed by atoms with Gasteiger partial charge in [0, 0.05) is 9.94 Å². The lowest BCUT2D eigenvalue weighted by Crippen LogP contribution is -1.66. The van der Waals surface area contributed by atoms with Gasteiger partial charge in [-0.1, -0.05) is 23.8 Å². The van der Waals surface area contributed by atoms with Crippen molar-refractivity contribution in [3.05, 3.63) is 34.2 Å². The van der Waals surface area contributed by atoms with Crippen LogP contribution in [-0.4, -0.2) is 6.26 Å². The molecule has 0 amide bonds. The predicted molar refractivity (Wildman–Crippen MR) is 56.0 cm³/mol. The Morgan fingerprint density at radius 1 is 1.36 bits per heavy atom. The molecular formula is C9H13ClS. The van der Waals surface area contributed by atoms with E-state index in [1.54, 1.807) is 11.8 Å². The minimum atomic E-state index is 0.807. The minimum Gasteiger partial charge on any atom is -0.130 e. The number of halogens is 1. The SMILES string of the molecule is C\C=C/C(=C\C=C(/C)Cl)SC. The van der Waals surface area contributed by atoms with Gasteiger partial charge in [0.2, 0.25) is 0 Å². The fourth-order valence-corrected chi connectivity index (χ4v) is 1.09. The van der Waals surface area contributed by atoms with E-state index >= 15 is 0 Å².